The van der Waals surface area contributed by atoms with Gasteiger partial charge in [-0.05, 0) is 40.1 Å². The van der Waals surface area contributed by atoms with Crippen molar-refractivity contribution in [1.29, 1.82) is 0 Å². The second-order valence-electron chi connectivity index (χ2n) is 1.70. The first kappa shape index (κ1) is 17.2. The Labute approximate surface area is 77.1 Å². The van der Waals surface area contributed by atoms with E-state index in [1.807, 2.05) is 39.8 Å². The van der Waals surface area contributed by atoms with E-state index in [1.165, 1.54) is 0 Å². The molecule has 0 radical (unpaired) electrons. The van der Waals surface area contributed by atoms with Crippen LogP contribution in [0.2, 0.25) is 0 Å². The summed E-state index contributed by atoms with van der Waals surface area (Å²) >= 11 is 0. The predicted molar refractivity (Wildman–Crippen MR) is 60.7 cm³/mol. The maximum atomic E-state index is 3.61. The Morgan fingerprint density at radius 1 is 0.667 bits per heavy atom. The summed E-state index contributed by atoms with van der Waals surface area (Å²) in [6.45, 7) is 7.78. The zero-order valence-corrected chi connectivity index (χ0v) is 9.20. The molecule has 0 amide bonds. The van der Waals surface area contributed by atoms with Crippen molar-refractivity contribution in [2.75, 3.05) is 14.1 Å². The molecule has 0 aliphatic carbocycles. The highest BCUT2D eigenvalue weighted by Crippen LogP contribution is 1.57. The summed E-state index contributed by atoms with van der Waals surface area (Å²) in [7, 11) is 3.50. The molecule has 2 nitrogen and oxygen atoms in total. The minimum absolute atomic E-state index is 1.75. The highest BCUT2D eigenvalue weighted by molar-refractivity contribution is 5.52. The zero-order chi connectivity index (χ0) is 10.2. The summed E-state index contributed by atoms with van der Waals surface area (Å²) < 4.78 is 0. The van der Waals surface area contributed by atoms with Crippen molar-refractivity contribution in [1.82, 2.24) is 0 Å². The fourth-order valence-corrected chi connectivity index (χ4v) is 0. The Bertz CT molecular complexity index is 77.2. The van der Waals surface area contributed by atoms with E-state index in [1.54, 1.807) is 26.5 Å². The molecule has 0 bridgehead atoms. The number of rotatable bonds is 0. The Morgan fingerprint density at radius 3 is 0.833 bits per heavy atom. The molecule has 0 heterocycles. The van der Waals surface area contributed by atoms with E-state index in [4.69, 9.17) is 0 Å². The molecule has 0 aliphatic rings. The Balaban J connectivity index is -0.000000101. The lowest BCUT2D eigenvalue weighted by Gasteiger charge is -1.53. The second-order valence-corrected chi connectivity index (χ2v) is 1.70. The number of allylic oxidation sites excluding steroid dienone is 2. The maximum absolute atomic E-state index is 3.61. The van der Waals surface area contributed by atoms with Gasteiger partial charge < -0.3 is 9.98 Å². The van der Waals surface area contributed by atoms with Gasteiger partial charge in [0.25, 0.3) is 0 Å². The van der Waals surface area contributed by atoms with Crippen LogP contribution in [0.4, 0.5) is 0 Å². The molecule has 0 spiro atoms. The average Bonchev–Trinajstić information content (AvgIpc) is 2.18. The van der Waals surface area contributed by atoms with Crippen molar-refractivity contribution in [3.8, 4) is 0 Å². The molecular weight excluding hydrogens is 148 g/mol. The van der Waals surface area contributed by atoms with Crippen molar-refractivity contribution in [3.63, 3.8) is 0 Å². The highest BCUT2D eigenvalue weighted by atomic mass is 14.6. The van der Waals surface area contributed by atoms with E-state index >= 15 is 0 Å². The standard InChI is InChI=1S/C4H8.2C3H7N/c3*1-3-4-2/h3-4H,1-2H3;2*3H,1-2H3/b4-3+;;. The molecule has 0 aromatic heterocycles. The highest BCUT2D eigenvalue weighted by Gasteiger charge is 1.34. The van der Waals surface area contributed by atoms with Crippen LogP contribution in [0.1, 0.15) is 27.7 Å². The summed E-state index contributed by atoms with van der Waals surface area (Å²) in [5, 5.41) is 0. The summed E-state index contributed by atoms with van der Waals surface area (Å²) in [5.41, 5.74) is 0. The van der Waals surface area contributed by atoms with E-state index in [9.17, 15) is 0 Å². The van der Waals surface area contributed by atoms with E-state index in [2.05, 4.69) is 9.98 Å². The van der Waals surface area contributed by atoms with Crippen LogP contribution in [0.15, 0.2) is 22.1 Å². The first-order chi connectivity index (χ1) is 5.74. The summed E-state index contributed by atoms with van der Waals surface area (Å²) in [6.07, 6.45) is 7.50. The first-order valence-corrected chi connectivity index (χ1v) is 4.05. The SMILES string of the molecule is C/C=C/C.CC=NC.CC=NC. The van der Waals surface area contributed by atoms with Crippen LogP contribution in [0.5, 0.6) is 0 Å². The van der Waals surface area contributed by atoms with Crippen molar-refractivity contribution >= 4 is 12.4 Å². The van der Waals surface area contributed by atoms with Crippen LogP contribution in [-0.2, 0) is 0 Å². The monoisotopic (exact) mass is 170 g/mol. The Hall–Kier alpha value is -0.920. The molecule has 0 rings (SSSR count). The number of hydrogen-bond acceptors (Lipinski definition) is 2. The first-order valence-electron chi connectivity index (χ1n) is 4.05. The largest absolute Gasteiger partial charge is 0.301 e. The number of aliphatic imine (C=N–C) groups is 2. The van der Waals surface area contributed by atoms with Gasteiger partial charge in [0.05, 0.1) is 0 Å². The topological polar surface area (TPSA) is 24.7 Å². The minimum atomic E-state index is 1.75. The van der Waals surface area contributed by atoms with Crippen LogP contribution in [0, 0.1) is 0 Å². The molecular formula is C10H22N2. The van der Waals surface area contributed by atoms with Gasteiger partial charge in [0.2, 0.25) is 0 Å². The summed E-state index contributed by atoms with van der Waals surface area (Å²) in [6, 6.07) is 0. The molecule has 0 aliphatic heterocycles. The van der Waals surface area contributed by atoms with E-state index in [0.717, 1.165) is 0 Å². The van der Waals surface area contributed by atoms with Gasteiger partial charge in [-0.15, -0.1) is 0 Å². The Kier molecular flexibility index (Phi) is 46.3. The van der Waals surface area contributed by atoms with Crippen LogP contribution in [-0.4, -0.2) is 26.5 Å². The minimum Gasteiger partial charge on any atom is -0.301 e. The van der Waals surface area contributed by atoms with Gasteiger partial charge in [-0.1, -0.05) is 12.2 Å². The van der Waals surface area contributed by atoms with Crippen LogP contribution in [0.3, 0.4) is 0 Å². The van der Waals surface area contributed by atoms with Crippen LogP contribution in [0.25, 0.3) is 0 Å². The van der Waals surface area contributed by atoms with Crippen LogP contribution >= 0.6 is 0 Å². The predicted octanol–water partition coefficient (Wildman–Crippen LogP) is 3.00. The molecule has 0 aromatic carbocycles. The van der Waals surface area contributed by atoms with E-state index in [0.29, 0.717) is 0 Å². The lowest BCUT2D eigenvalue weighted by atomic mass is 10.6. The number of hydrogen-bond donors (Lipinski definition) is 0. The fraction of sp³-hybridized carbons (Fsp3) is 0.600. The van der Waals surface area contributed by atoms with Gasteiger partial charge in [0.1, 0.15) is 0 Å². The van der Waals surface area contributed by atoms with E-state index < -0.39 is 0 Å². The third-order valence-corrected chi connectivity index (χ3v) is 0.850. The van der Waals surface area contributed by atoms with E-state index in [-0.39, 0.29) is 0 Å². The summed E-state index contributed by atoms with van der Waals surface area (Å²) in [5.74, 6) is 0. The van der Waals surface area contributed by atoms with Crippen molar-refractivity contribution in [3.05, 3.63) is 12.2 Å². The lowest BCUT2D eigenvalue weighted by Crippen LogP contribution is -1.47. The molecule has 0 unspecified atom stereocenters. The molecule has 0 saturated heterocycles. The molecule has 0 fully saturated rings. The maximum Gasteiger partial charge on any atom is 0.0273 e. The molecule has 0 atom stereocenters. The van der Waals surface area contributed by atoms with Gasteiger partial charge in [0.15, 0.2) is 0 Å². The van der Waals surface area contributed by atoms with Crippen LogP contribution < -0.4 is 0 Å². The molecule has 0 N–H and O–H groups in total. The average molecular weight is 170 g/mol. The number of nitrogens with zero attached hydrogens (tertiary/aromatic N) is 2. The third-order valence-electron chi connectivity index (χ3n) is 0.850. The van der Waals surface area contributed by atoms with Crippen molar-refractivity contribution < 1.29 is 0 Å². The van der Waals surface area contributed by atoms with Gasteiger partial charge in [-0.25, -0.2) is 0 Å². The van der Waals surface area contributed by atoms with Gasteiger partial charge >= 0.3 is 0 Å². The molecule has 0 saturated carbocycles. The summed E-state index contributed by atoms with van der Waals surface area (Å²) in [4.78, 5) is 7.22. The third kappa shape index (κ3) is 137. The quantitative estimate of drug-likeness (QED) is 0.394. The van der Waals surface area contributed by atoms with Crippen molar-refractivity contribution in [2.45, 2.75) is 27.7 Å². The second kappa shape index (κ2) is 32.2. The molecule has 72 valence electrons. The molecule has 0 aromatic rings. The smallest absolute Gasteiger partial charge is 0.0273 e. The Morgan fingerprint density at radius 2 is 0.833 bits per heavy atom. The van der Waals surface area contributed by atoms with Gasteiger partial charge in [0, 0.05) is 14.1 Å². The van der Waals surface area contributed by atoms with Crippen molar-refractivity contribution in [2.24, 2.45) is 9.98 Å². The molecule has 12 heavy (non-hydrogen) atoms. The lowest BCUT2D eigenvalue weighted by molar-refractivity contribution is 1.46. The molecule has 2 heteroatoms. The van der Waals surface area contributed by atoms with Gasteiger partial charge in [-0.2, -0.15) is 0 Å². The normalized spacial score (nSPS) is 9.50. The zero-order valence-electron chi connectivity index (χ0n) is 9.20. The van der Waals surface area contributed by atoms with Gasteiger partial charge in [-0.3, -0.25) is 0 Å². The fourth-order valence-electron chi connectivity index (χ4n) is 0.